The molecule has 0 bridgehead atoms. The quantitative estimate of drug-likeness (QED) is 0.578. The largest absolute Gasteiger partial charge is 0.378 e. The van der Waals surface area contributed by atoms with E-state index in [1.165, 1.54) is 16.1 Å². The molecule has 2 aromatic heterocycles. The molecule has 132 valence electrons. The molecule has 0 amide bonds. The number of aryl methyl sites for hydroxylation is 1. The van der Waals surface area contributed by atoms with Crippen LogP contribution in [0.5, 0.6) is 0 Å². The van der Waals surface area contributed by atoms with Crippen LogP contribution in [-0.2, 0) is 19.6 Å². The molecule has 0 N–H and O–H groups in total. The summed E-state index contributed by atoms with van der Waals surface area (Å²) in [5.74, 6) is 0. The van der Waals surface area contributed by atoms with Gasteiger partial charge in [-0.3, -0.25) is 4.90 Å². The molecular formula is C20H26N4S. The van der Waals surface area contributed by atoms with Crippen LogP contribution in [0.4, 0.5) is 5.69 Å². The number of nitrogens with zero attached hydrogens (tertiary/aromatic N) is 4. The Balaban J connectivity index is 1.60. The SMILES string of the molecule is CN(C)c1ccc(CN(CCCn2ccnc2)Cc2cccs2)cc1. The van der Waals surface area contributed by atoms with Gasteiger partial charge in [-0.2, -0.15) is 0 Å². The van der Waals surface area contributed by atoms with Crippen molar-refractivity contribution in [1.29, 1.82) is 0 Å². The van der Waals surface area contributed by atoms with Gasteiger partial charge >= 0.3 is 0 Å². The third kappa shape index (κ3) is 5.44. The van der Waals surface area contributed by atoms with Crippen LogP contribution in [0.15, 0.2) is 60.5 Å². The lowest BCUT2D eigenvalue weighted by molar-refractivity contribution is 0.250. The zero-order chi connectivity index (χ0) is 17.5. The van der Waals surface area contributed by atoms with E-state index in [0.29, 0.717) is 0 Å². The lowest BCUT2D eigenvalue weighted by Gasteiger charge is -2.22. The van der Waals surface area contributed by atoms with Gasteiger partial charge in [0.05, 0.1) is 6.33 Å². The number of thiophene rings is 1. The van der Waals surface area contributed by atoms with Gasteiger partial charge in [0.15, 0.2) is 0 Å². The summed E-state index contributed by atoms with van der Waals surface area (Å²) in [6.07, 6.45) is 6.89. The minimum Gasteiger partial charge on any atom is -0.378 e. The summed E-state index contributed by atoms with van der Waals surface area (Å²) >= 11 is 1.84. The van der Waals surface area contributed by atoms with E-state index < -0.39 is 0 Å². The molecular weight excluding hydrogens is 328 g/mol. The number of aromatic nitrogens is 2. The minimum absolute atomic E-state index is 0.982. The van der Waals surface area contributed by atoms with Gasteiger partial charge in [0.2, 0.25) is 0 Å². The van der Waals surface area contributed by atoms with Crippen molar-refractivity contribution in [2.24, 2.45) is 0 Å². The van der Waals surface area contributed by atoms with Crippen molar-refractivity contribution in [3.8, 4) is 0 Å². The molecule has 0 radical (unpaired) electrons. The first-order valence-corrected chi connectivity index (χ1v) is 9.55. The van der Waals surface area contributed by atoms with E-state index in [1.54, 1.807) is 0 Å². The van der Waals surface area contributed by atoms with Crippen molar-refractivity contribution in [3.05, 3.63) is 70.9 Å². The van der Waals surface area contributed by atoms with Crippen molar-refractivity contribution >= 4 is 17.0 Å². The van der Waals surface area contributed by atoms with Gasteiger partial charge in [-0.05, 0) is 35.6 Å². The third-order valence-corrected chi connectivity index (χ3v) is 5.13. The van der Waals surface area contributed by atoms with Crippen LogP contribution in [0, 0.1) is 0 Å². The van der Waals surface area contributed by atoms with Crippen LogP contribution in [0.3, 0.4) is 0 Å². The van der Waals surface area contributed by atoms with Gasteiger partial charge in [0.25, 0.3) is 0 Å². The molecule has 3 aromatic rings. The second kappa shape index (κ2) is 8.83. The first-order chi connectivity index (χ1) is 12.2. The minimum atomic E-state index is 0.982. The molecule has 5 heteroatoms. The Morgan fingerprint density at radius 3 is 2.56 bits per heavy atom. The Labute approximate surface area is 154 Å². The summed E-state index contributed by atoms with van der Waals surface area (Å²) in [5, 5.41) is 2.16. The van der Waals surface area contributed by atoms with E-state index >= 15 is 0 Å². The van der Waals surface area contributed by atoms with Gasteiger partial charge in [-0.1, -0.05) is 18.2 Å². The molecule has 0 unspecified atom stereocenters. The van der Waals surface area contributed by atoms with E-state index in [4.69, 9.17) is 0 Å². The Morgan fingerprint density at radius 1 is 1.08 bits per heavy atom. The molecule has 0 saturated carbocycles. The van der Waals surface area contributed by atoms with Crippen molar-refractivity contribution in [2.45, 2.75) is 26.1 Å². The lowest BCUT2D eigenvalue weighted by Crippen LogP contribution is -2.24. The highest BCUT2D eigenvalue weighted by Crippen LogP contribution is 2.17. The second-order valence-corrected chi connectivity index (χ2v) is 7.54. The topological polar surface area (TPSA) is 24.3 Å². The first-order valence-electron chi connectivity index (χ1n) is 8.67. The average Bonchev–Trinajstić information content (AvgIpc) is 3.29. The maximum Gasteiger partial charge on any atom is 0.0945 e. The maximum atomic E-state index is 4.12. The molecule has 0 atom stereocenters. The number of imidazole rings is 1. The molecule has 25 heavy (non-hydrogen) atoms. The maximum absolute atomic E-state index is 4.12. The number of anilines is 1. The summed E-state index contributed by atoms with van der Waals surface area (Å²) < 4.78 is 2.15. The zero-order valence-electron chi connectivity index (χ0n) is 15.0. The zero-order valence-corrected chi connectivity index (χ0v) is 15.8. The van der Waals surface area contributed by atoms with Crippen molar-refractivity contribution < 1.29 is 0 Å². The molecule has 0 fully saturated rings. The Bertz CT molecular complexity index is 718. The molecule has 0 aliphatic carbocycles. The smallest absolute Gasteiger partial charge is 0.0945 e. The van der Waals surface area contributed by atoms with E-state index in [0.717, 1.165) is 32.6 Å². The molecule has 0 aliphatic heterocycles. The van der Waals surface area contributed by atoms with E-state index in [2.05, 4.69) is 75.2 Å². The highest BCUT2D eigenvalue weighted by molar-refractivity contribution is 7.09. The van der Waals surface area contributed by atoms with E-state index in [1.807, 2.05) is 30.1 Å². The highest BCUT2D eigenvalue weighted by Gasteiger charge is 2.08. The van der Waals surface area contributed by atoms with Crippen LogP contribution >= 0.6 is 11.3 Å². The summed E-state index contributed by atoms with van der Waals surface area (Å²) in [6, 6.07) is 13.2. The predicted octanol–water partition coefficient (Wildman–Crippen LogP) is 4.10. The molecule has 2 heterocycles. The number of rotatable bonds is 9. The van der Waals surface area contributed by atoms with Gasteiger partial charge in [0, 0.05) is 63.2 Å². The predicted molar refractivity (Wildman–Crippen MR) is 106 cm³/mol. The molecule has 4 nitrogen and oxygen atoms in total. The normalized spacial score (nSPS) is 11.2. The fraction of sp³-hybridized carbons (Fsp3) is 0.350. The number of benzene rings is 1. The van der Waals surface area contributed by atoms with Crippen LogP contribution in [0.2, 0.25) is 0 Å². The van der Waals surface area contributed by atoms with Crippen LogP contribution in [0.1, 0.15) is 16.9 Å². The van der Waals surface area contributed by atoms with Crippen molar-refractivity contribution in [1.82, 2.24) is 14.5 Å². The van der Waals surface area contributed by atoms with Crippen molar-refractivity contribution in [3.63, 3.8) is 0 Å². The fourth-order valence-corrected chi connectivity index (χ4v) is 3.64. The van der Waals surface area contributed by atoms with Crippen molar-refractivity contribution in [2.75, 3.05) is 25.5 Å². The molecule has 1 aromatic carbocycles. The van der Waals surface area contributed by atoms with Gasteiger partial charge in [-0.15, -0.1) is 11.3 Å². The summed E-state index contributed by atoms with van der Waals surface area (Å²) in [6.45, 7) is 4.08. The second-order valence-electron chi connectivity index (χ2n) is 6.50. The lowest BCUT2D eigenvalue weighted by atomic mass is 10.1. The highest BCUT2D eigenvalue weighted by atomic mass is 32.1. The number of hydrogen-bond acceptors (Lipinski definition) is 4. The van der Waals surface area contributed by atoms with Gasteiger partial charge < -0.3 is 9.47 Å². The van der Waals surface area contributed by atoms with Crippen LogP contribution in [0.25, 0.3) is 0 Å². The van der Waals surface area contributed by atoms with Crippen LogP contribution < -0.4 is 4.90 Å². The molecule has 3 rings (SSSR count). The Morgan fingerprint density at radius 2 is 1.92 bits per heavy atom. The average molecular weight is 355 g/mol. The summed E-state index contributed by atoms with van der Waals surface area (Å²) in [5.41, 5.74) is 2.61. The first kappa shape index (κ1) is 17.7. The van der Waals surface area contributed by atoms with E-state index in [-0.39, 0.29) is 0 Å². The third-order valence-electron chi connectivity index (χ3n) is 4.27. The van der Waals surface area contributed by atoms with Gasteiger partial charge in [0.1, 0.15) is 0 Å². The Kier molecular flexibility index (Phi) is 6.25. The standard InChI is InChI=1S/C20H26N4S/c1-22(2)19-8-6-18(7-9-19)15-24(16-20-5-3-14-25-20)12-4-11-23-13-10-21-17-23/h3,5-10,13-14,17H,4,11-12,15-16H2,1-2H3. The number of hydrogen-bond donors (Lipinski definition) is 0. The molecule has 0 spiro atoms. The molecule has 0 saturated heterocycles. The van der Waals surface area contributed by atoms with Crippen LogP contribution in [-0.4, -0.2) is 35.1 Å². The summed E-state index contributed by atoms with van der Waals surface area (Å²) in [7, 11) is 4.16. The monoisotopic (exact) mass is 354 g/mol. The summed E-state index contributed by atoms with van der Waals surface area (Å²) in [4.78, 5) is 10.2. The fourth-order valence-electron chi connectivity index (χ4n) is 2.89. The molecule has 0 aliphatic rings. The van der Waals surface area contributed by atoms with Gasteiger partial charge in [-0.25, -0.2) is 4.98 Å². The Hall–Kier alpha value is -2.11. The van der Waals surface area contributed by atoms with E-state index in [9.17, 15) is 0 Å².